The monoisotopic (exact) mass is 183 g/mol. The molecule has 0 aromatic carbocycles. The molecule has 0 aromatic heterocycles. The molecule has 1 atom stereocenters. The molecule has 0 heterocycles. The molecule has 0 saturated heterocycles. The van der Waals surface area contributed by atoms with Gasteiger partial charge in [0.25, 0.3) is 0 Å². The molecule has 0 fully saturated rings. The Balaban J connectivity index is 4.47. The lowest BCUT2D eigenvalue weighted by atomic mass is 9.96. The molecule has 2 heteroatoms. The molecular weight excluding hydrogens is 162 g/mol. The quantitative estimate of drug-likeness (QED) is 0.613. The van der Waals surface area contributed by atoms with Gasteiger partial charge in [0.2, 0.25) is 5.91 Å². The van der Waals surface area contributed by atoms with Gasteiger partial charge in [-0.3, -0.25) is 4.79 Å². The summed E-state index contributed by atoms with van der Waals surface area (Å²) in [5, 5.41) is 0. The highest BCUT2D eigenvalue weighted by Gasteiger charge is 2.07. The third kappa shape index (κ3) is 4.11. The summed E-state index contributed by atoms with van der Waals surface area (Å²) in [4.78, 5) is 13.0. The molecule has 0 spiro atoms. The number of carbonyl (C=O) groups excluding carboxylic acids is 1. The maximum Gasteiger partial charge on any atom is 0.245 e. The first-order valence-electron chi connectivity index (χ1n) is 4.94. The topological polar surface area (TPSA) is 20.3 Å². The molecule has 13 heavy (non-hydrogen) atoms. The number of nitrogens with zero attached hydrogens (tertiary/aromatic N) is 1. The van der Waals surface area contributed by atoms with E-state index in [2.05, 4.69) is 20.8 Å². The van der Waals surface area contributed by atoms with E-state index in [0.29, 0.717) is 5.92 Å². The second-order valence-electron chi connectivity index (χ2n) is 3.61. The smallest absolute Gasteiger partial charge is 0.245 e. The van der Waals surface area contributed by atoms with Crippen LogP contribution in [0.2, 0.25) is 0 Å². The lowest BCUT2D eigenvalue weighted by Gasteiger charge is -2.13. The third-order valence-corrected chi connectivity index (χ3v) is 2.40. The molecule has 0 saturated carbocycles. The normalized spacial score (nSPS) is 14.1. The van der Waals surface area contributed by atoms with Crippen LogP contribution >= 0.6 is 0 Å². The van der Waals surface area contributed by atoms with E-state index >= 15 is 0 Å². The van der Waals surface area contributed by atoms with Crippen LogP contribution in [0.5, 0.6) is 0 Å². The van der Waals surface area contributed by atoms with Crippen LogP contribution in [0.25, 0.3) is 0 Å². The minimum Gasteiger partial charge on any atom is -0.345 e. The summed E-state index contributed by atoms with van der Waals surface area (Å²) in [5.41, 5.74) is 1.25. The zero-order chi connectivity index (χ0) is 10.4. The molecule has 0 N–H and O–H groups in total. The van der Waals surface area contributed by atoms with Gasteiger partial charge in [0.15, 0.2) is 0 Å². The lowest BCUT2D eigenvalue weighted by Crippen LogP contribution is -2.20. The lowest BCUT2D eigenvalue weighted by molar-refractivity contribution is -0.123. The van der Waals surface area contributed by atoms with Crippen molar-refractivity contribution in [2.75, 3.05) is 14.1 Å². The highest BCUT2D eigenvalue weighted by atomic mass is 16.2. The molecule has 2 nitrogen and oxygen atoms in total. The minimum atomic E-state index is 0.0946. The predicted molar refractivity (Wildman–Crippen MR) is 56.5 cm³/mol. The first-order chi connectivity index (χ1) is 6.02. The van der Waals surface area contributed by atoms with E-state index in [9.17, 15) is 4.79 Å². The molecule has 0 radical (unpaired) electrons. The van der Waals surface area contributed by atoms with E-state index in [4.69, 9.17) is 0 Å². The Morgan fingerprint density at radius 1 is 1.38 bits per heavy atom. The molecule has 76 valence electrons. The van der Waals surface area contributed by atoms with Crippen molar-refractivity contribution in [1.29, 1.82) is 0 Å². The van der Waals surface area contributed by atoms with E-state index in [0.717, 1.165) is 12.8 Å². The van der Waals surface area contributed by atoms with Crippen LogP contribution in [0.15, 0.2) is 11.6 Å². The van der Waals surface area contributed by atoms with E-state index in [1.54, 1.807) is 25.1 Å². The maximum atomic E-state index is 11.4. The van der Waals surface area contributed by atoms with Gasteiger partial charge in [-0.05, 0) is 18.8 Å². The van der Waals surface area contributed by atoms with Crippen LogP contribution in [0.3, 0.4) is 0 Å². The predicted octanol–water partition coefficient (Wildman–Crippen LogP) is 2.46. The summed E-state index contributed by atoms with van der Waals surface area (Å²) < 4.78 is 0. The van der Waals surface area contributed by atoms with Gasteiger partial charge in [-0.25, -0.2) is 0 Å². The second kappa shape index (κ2) is 5.79. The Morgan fingerprint density at radius 3 is 2.23 bits per heavy atom. The summed E-state index contributed by atoms with van der Waals surface area (Å²) in [7, 11) is 3.56. The van der Waals surface area contributed by atoms with Crippen LogP contribution < -0.4 is 0 Å². The molecule has 0 aliphatic heterocycles. The number of allylic oxidation sites excluding steroid dienone is 1. The molecule has 0 aliphatic carbocycles. The molecule has 0 rings (SSSR count). The Labute approximate surface area is 81.6 Å². The number of amides is 1. The molecular formula is C11H21NO. The molecule has 1 unspecified atom stereocenters. The molecule has 0 aliphatic rings. The van der Waals surface area contributed by atoms with Gasteiger partial charge >= 0.3 is 0 Å². The second-order valence-corrected chi connectivity index (χ2v) is 3.61. The number of likely N-dealkylation sites (N-methyl/N-ethyl adjacent to an activating group) is 1. The average Bonchev–Trinajstić information content (AvgIpc) is 2.12. The number of hydrogen-bond acceptors (Lipinski definition) is 1. The van der Waals surface area contributed by atoms with E-state index in [-0.39, 0.29) is 5.91 Å². The van der Waals surface area contributed by atoms with E-state index in [1.165, 1.54) is 5.57 Å². The van der Waals surface area contributed by atoms with E-state index in [1.807, 2.05) is 0 Å². The summed E-state index contributed by atoms with van der Waals surface area (Å²) >= 11 is 0. The van der Waals surface area contributed by atoms with Crippen LogP contribution in [0.1, 0.15) is 33.6 Å². The summed E-state index contributed by atoms with van der Waals surface area (Å²) in [5.74, 6) is 0.617. The van der Waals surface area contributed by atoms with Crippen molar-refractivity contribution in [1.82, 2.24) is 4.90 Å². The number of rotatable bonds is 4. The largest absolute Gasteiger partial charge is 0.345 e. The maximum absolute atomic E-state index is 11.4. The van der Waals surface area contributed by atoms with Gasteiger partial charge in [0, 0.05) is 20.2 Å². The fraction of sp³-hybridized carbons (Fsp3) is 0.727. The first-order valence-corrected chi connectivity index (χ1v) is 4.94. The van der Waals surface area contributed by atoms with Crippen LogP contribution in [-0.4, -0.2) is 24.9 Å². The Kier molecular flexibility index (Phi) is 5.44. The van der Waals surface area contributed by atoms with Crippen molar-refractivity contribution in [3.05, 3.63) is 11.6 Å². The highest BCUT2D eigenvalue weighted by Crippen LogP contribution is 2.17. The van der Waals surface area contributed by atoms with E-state index < -0.39 is 0 Å². The summed E-state index contributed by atoms with van der Waals surface area (Å²) in [6.45, 7) is 6.41. The summed E-state index contributed by atoms with van der Waals surface area (Å²) in [6, 6.07) is 0. The molecule has 1 amide bonds. The van der Waals surface area contributed by atoms with Crippen molar-refractivity contribution in [2.24, 2.45) is 5.92 Å². The minimum absolute atomic E-state index is 0.0946. The Morgan fingerprint density at radius 2 is 1.92 bits per heavy atom. The zero-order valence-electron chi connectivity index (χ0n) is 9.42. The SMILES string of the molecule is CC/C(=C\C(=O)N(C)C)C(C)CC. The van der Waals surface area contributed by atoms with Gasteiger partial charge < -0.3 is 4.90 Å². The van der Waals surface area contributed by atoms with Crippen molar-refractivity contribution >= 4 is 5.91 Å². The van der Waals surface area contributed by atoms with Crippen LogP contribution in [-0.2, 0) is 4.79 Å². The molecule has 0 bridgehead atoms. The zero-order valence-corrected chi connectivity index (χ0v) is 9.42. The van der Waals surface area contributed by atoms with Gasteiger partial charge in [0.1, 0.15) is 0 Å². The van der Waals surface area contributed by atoms with Crippen LogP contribution in [0, 0.1) is 5.92 Å². The van der Waals surface area contributed by atoms with Crippen LogP contribution in [0.4, 0.5) is 0 Å². The standard InChI is InChI=1S/C11H21NO/c1-6-9(3)10(7-2)8-11(13)12(4)5/h8-9H,6-7H2,1-5H3/b10-8+. The fourth-order valence-corrected chi connectivity index (χ4v) is 1.14. The summed E-state index contributed by atoms with van der Waals surface area (Å²) in [6.07, 6.45) is 3.84. The Bertz CT molecular complexity index is 194. The first kappa shape index (κ1) is 12.2. The molecule has 0 aromatic rings. The highest BCUT2D eigenvalue weighted by molar-refractivity contribution is 5.87. The number of carbonyl (C=O) groups is 1. The third-order valence-electron chi connectivity index (χ3n) is 2.40. The number of hydrogen-bond donors (Lipinski definition) is 0. The van der Waals surface area contributed by atoms with Gasteiger partial charge in [-0.15, -0.1) is 0 Å². The van der Waals surface area contributed by atoms with Crippen molar-refractivity contribution in [2.45, 2.75) is 33.6 Å². The van der Waals surface area contributed by atoms with Gasteiger partial charge in [-0.1, -0.05) is 26.3 Å². The van der Waals surface area contributed by atoms with Gasteiger partial charge in [0.05, 0.1) is 0 Å². The fourth-order valence-electron chi connectivity index (χ4n) is 1.14. The van der Waals surface area contributed by atoms with Gasteiger partial charge in [-0.2, -0.15) is 0 Å². The Hall–Kier alpha value is -0.790. The van der Waals surface area contributed by atoms with Crippen molar-refractivity contribution < 1.29 is 4.79 Å². The van der Waals surface area contributed by atoms with Crippen molar-refractivity contribution in [3.8, 4) is 0 Å². The average molecular weight is 183 g/mol. The van der Waals surface area contributed by atoms with Crippen molar-refractivity contribution in [3.63, 3.8) is 0 Å².